The fraction of sp³-hybridized carbons (Fsp3) is 0.800. The normalized spacial score (nSPS) is 16.8. The highest BCUT2D eigenvalue weighted by atomic mass is 16.2. The van der Waals surface area contributed by atoms with Gasteiger partial charge in [0.15, 0.2) is 12.6 Å². The van der Waals surface area contributed by atoms with Crippen LogP contribution in [-0.4, -0.2) is 43.0 Å². The van der Waals surface area contributed by atoms with E-state index in [0.29, 0.717) is 0 Å². The lowest BCUT2D eigenvalue weighted by Gasteiger charge is -2.30. The van der Waals surface area contributed by atoms with Gasteiger partial charge in [-0.25, -0.2) is 0 Å². The molecule has 0 aliphatic heterocycles. The summed E-state index contributed by atoms with van der Waals surface area (Å²) in [6.45, 7) is 11.3. The molecule has 0 aliphatic rings. The molecule has 0 bridgehead atoms. The molecule has 0 aromatic rings. The second-order valence-corrected chi connectivity index (χ2v) is 6.43. The Labute approximate surface area is 127 Å². The van der Waals surface area contributed by atoms with E-state index in [1.165, 1.54) is 0 Å². The smallest absolute Gasteiger partial charge is 0.279 e. The number of nitrogens with zero attached hydrogens (tertiary/aromatic N) is 1. The van der Waals surface area contributed by atoms with E-state index in [1.807, 2.05) is 27.7 Å². The minimum absolute atomic E-state index is 0.00296. The van der Waals surface area contributed by atoms with Crippen molar-refractivity contribution in [2.24, 2.45) is 5.92 Å². The number of quaternary nitrogens is 1. The molecule has 3 atom stereocenters. The molecule has 0 aromatic carbocycles. The number of hydrogen-bond donors (Lipinski definition) is 3. The van der Waals surface area contributed by atoms with Gasteiger partial charge < -0.3 is 15.5 Å². The standard InChI is InChI=1S/C15H28N4O2/c1-10(2)15(6,9-16)18-14(21)12(5)19(7)8-13(20)17-11(3)4/h10-12H,8H2,1-7H3,(H,17,20)(H,18,21)/p+1/t12-,15+/m0/s1. The van der Waals surface area contributed by atoms with Gasteiger partial charge in [-0.3, -0.25) is 9.59 Å². The van der Waals surface area contributed by atoms with Gasteiger partial charge in [-0.15, -0.1) is 0 Å². The summed E-state index contributed by atoms with van der Waals surface area (Å²) in [5.74, 6) is -0.306. The molecule has 0 rings (SSSR count). The summed E-state index contributed by atoms with van der Waals surface area (Å²) in [5.41, 5.74) is -0.897. The Morgan fingerprint density at radius 1 is 1.24 bits per heavy atom. The highest BCUT2D eigenvalue weighted by molar-refractivity contribution is 5.82. The van der Waals surface area contributed by atoms with E-state index < -0.39 is 11.6 Å². The third-order valence-corrected chi connectivity index (χ3v) is 3.79. The molecule has 0 aromatic heterocycles. The first-order valence-electron chi connectivity index (χ1n) is 7.38. The van der Waals surface area contributed by atoms with E-state index >= 15 is 0 Å². The van der Waals surface area contributed by atoms with Crippen molar-refractivity contribution >= 4 is 11.8 Å². The Kier molecular flexibility index (Phi) is 7.37. The van der Waals surface area contributed by atoms with E-state index in [2.05, 4.69) is 16.7 Å². The number of carbonyl (C=O) groups is 2. The molecular weight excluding hydrogens is 268 g/mol. The van der Waals surface area contributed by atoms with Crippen LogP contribution in [0.15, 0.2) is 0 Å². The number of likely N-dealkylation sites (N-methyl/N-ethyl adjacent to an activating group) is 1. The van der Waals surface area contributed by atoms with Crippen LogP contribution in [-0.2, 0) is 9.59 Å². The minimum Gasteiger partial charge on any atom is -0.349 e. The SMILES string of the molecule is CC(C)NC(=O)C[NH+](C)[C@@H](C)C(=O)N[C@](C)(C#N)C(C)C. The fourth-order valence-corrected chi connectivity index (χ4v) is 1.67. The van der Waals surface area contributed by atoms with Crippen molar-refractivity contribution in [3.8, 4) is 6.07 Å². The lowest BCUT2D eigenvalue weighted by atomic mass is 9.90. The van der Waals surface area contributed by atoms with Crippen LogP contribution in [0.5, 0.6) is 0 Å². The largest absolute Gasteiger partial charge is 0.349 e. The number of nitrogens with one attached hydrogen (secondary N) is 3. The van der Waals surface area contributed by atoms with E-state index in [1.54, 1.807) is 20.9 Å². The van der Waals surface area contributed by atoms with Gasteiger partial charge in [0, 0.05) is 6.04 Å². The van der Waals surface area contributed by atoms with Gasteiger partial charge >= 0.3 is 0 Å². The lowest BCUT2D eigenvalue weighted by molar-refractivity contribution is -0.886. The molecule has 0 spiro atoms. The second-order valence-electron chi connectivity index (χ2n) is 6.43. The zero-order valence-electron chi connectivity index (χ0n) is 14.2. The van der Waals surface area contributed by atoms with Crippen LogP contribution in [0.2, 0.25) is 0 Å². The molecule has 6 nitrogen and oxygen atoms in total. The van der Waals surface area contributed by atoms with Crippen LogP contribution in [0.1, 0.15) is 41.5 Å². The number of rotatable bonds is 7. The minimum atomic E-state index is -0.897. The van der Waals surface area contributed by atoms with E-state index in [0.717, 1.165) is 4.90 Å². The molecule has 2 amide bonds. The Hall–Kier alpha value is -1.61. The molecule has 6 heteroatoms. The van der Waals surface area contributed by atoms with E-state index in [-0.39, 0.29) is 30.3 Å². The molecule has 0 heterocycles. The van der Waals surface area contributed by atoms with Crippen molar-refractivity contribution in [2.75, 3.05) is 13.6 Å². The third-order valence-electron chi connectivity index (χ3n) is 3.79. The summed E-state index contributed by atoms with van der Waals surface area (Å²) in [4.78, 5) is 24.8. The summed E-state index contributed by atoms with van der Waals surface area (Å²) < 4.78 is 0. The Bertz CT molecular complexity index is 414. The maximum atomic E-state index is 12.3. The monoisotopic (exact) mass is 297 g/mol. The number of hydrogen-bond acceptors (Lipinski definition) is 3. The fourth-order valence-electron chi connectivity index (χ4n) is 1.67. The van der Waals surface area contributed by atoms with Crippen LogP contribution in [0.4, 0.5) is 0 Å². The van der Waals surface area contributed by atoms with E-state index in [9.17, 15) is 14.9 Å². The zero-order chi connectivity index (χ0) is 16.8. The Morgan fingerprint density at radius 3 is 2.14 bits per heavy atom. The van der Waals surface area contributed by atoms with Crippen LogP contribution in [0.25, 0.3) is 0 Å². The first kappa shape index (κ1) is 19.4. The topological polar surface area (TPSA) is 86.4 Å². The first-order valence-corrected chi connectivity index (χ1v) is 7.38. The van der Waals surface area contributed by atoms with Crippen LogP contribution >= 0.6 is 0 Å². The molecular formula is C15H29N4O2+. The van der Waals surface area contributed by atoms with Gasteiger partial charge in [0.25, 0.3) is 11.8 Å². The summed E-state index contributed by atoms with van der Waals surface area (Å²) in [6, 6.07) is 1.82. The second kappa shape index (κ2) is 7.99. The summed E-state index contributed by atoms with van der Waals surface area (Å²) in [7, 11) is 1.79. The van der Waals surface area contributed by atoms with Gasteiger partial charge in [0.05, 0.1) is 13.1 Å². The molecule has 21 heavy (non-hydrogen) atoms. The molecule has 0 saturated heterocycles. The lowest BCUT2D eigenvalue weighted by Crippen LogP contribution is -3.15. The van der Waals surface area contributed by atoms with Gasteiger partial charge in [-0.05, 0) is 33.6 Å². The predicted molar refractivity (Wildman–Crippen MR) is 81.5 cm³/mol. The predicted octanol–water partition coefficient (Wildman–Crippen LogP) is -0.531. The Morgan fingerprint density at radius 2 is 1.76 bits per heavy atom. The first-order chi connectivity index (χ1) is 9.53. The van der Waals surface area contributed by atoms with Crippen molar-refractivity contribution in [3.05, 3.63) is 0 Å². The van der Waals surface area contributed by atoms with Crippen molar-refractivity contribution < 1.29 is 14.5 Å². The van der Waals surface area contributed by atoms with Crippen LogP contribution in [0.3, 0.4) is 0 Å². The van der Waals surface area contributed by atoms with Crippen LogP contribution < -0.4 is 15.5 Å². The molecule has 0 radical (unpaired) electrons. The molecule has 1 unspecified atom stereocenters. The van der Waals surface area contributed by atoms with Crippen molar-refractivity contribution in [1.82, 2.24) is 10.6 Å². The summed E-state index contributed by atoms with van der Waals surface area (Å²) >= 11 is 0. The third kappa shape index (κ3) is 6.13. The van der Waals surface area contributed by atoms with Crippen molar-refractivity contribution in [2.45, 2.75) is 59.2 Å². The maximum Gasteiger partial charge on any atom is 0.279 e. The molecule has 3 N–H and O–H groups in total. The zero-order valence-corrected chi connectivity index (χ0v) is 14.2. The van der Waals surface area contributed by atoms with E-state index in [4.69, 9.17) is 0 Å². The molecule has 0 saturated carbocycles. The van der Waals surface area contributed by atoms with Crippen molar-refractivity contribution in [1.29, 1.82) is 5.26 Å². The van der Waals surface area contributed by atoms with Gasteiger partial charge in [0.1, 0.15) is 5.54 Å². The molecule has 0 aliphatic carbocycles. The quantitative estimate of drug-likeness (QED) is 0.590. The number of nitriles is 1. The van der Waals surface area contributed by atoms with Gasteiger partial charge in [-0.1, -0.05) is 13.8 Å². The average Bonchev–Trinajstić information content (AvgIpc) is 2.35. The summed E-state index contributed by atoms with van der Waals surface area (Å²) in [6.07, 6.45) is 0. The Balaban J connectivity index is 4.64. The van der Waals surface area contributed by atoms with Crippen molar-refractivity contribution in [3.63, 3.8) is 0 Å². The highest BCUT2D eigenvalue weighted by Gasteiger charge is 2.34. The summed E-state index contributed by atoms with van der Waals surface area (Å²) in [5, 5.41) is 14.8. The highest BCUT2D eigenvalue weighted by Crippen LogP contribution is 2.14. The van der Waals surface area contributed by atoms with Gasteiger partial charge in [-0.2, -0.15) is 5.26 Å². The maximum absolute atomic E-state index is 12.3. The average molecular weight is 297 g/mol. The number of carbonyl (C=O) groups excluding carboxylic acids is 2. The molecule has 0 fully saturated rings. The van der Waals surface area contributed by atoms with Gasteiger partial charge in [0.2, 0.25) is 0 Å². The number of amides is 2. The van der Waals surface area contributed by atoms with Crippen LogP contribution in [0, 0.1) is 17.2 Å². The molecule has 120 valence electrons.